The molecule has 0 aliphatic rings. The highest BCUT2D eigenvalue weighted by atomic mass is 32.2. The zero-order valence-electron chi connectivity index (χ0n) is 9.85. The van der Waals surface area contributed by atoms with Crippen LogP contribution < -0.4 is 0 Å². The number of hydrogen-bond acceptors (Lipinski definition) is 5. The summed E-state index contributed by atoms with van der Waals surface area (Å²) in [4.78, 5) is 15.1. The maximum absolute atomic E-state index is 10.9. The van der Waals surface area contributed by atoms with Crippen LogP contribution in [0, 0.1) is 0 Å². The first kappa shape index (κ1) is 13.0. The molecule has 0 radical (unpaired) electrons. The van der Waals surface area contributed by atoms with Gasteiger partial charge in [0.15, 0.2) is 5.82 Å². The molecule has 0 saturated heterocycles. The van der Waals surface area contributed by atoms with Gasteiger partial charge in [-0.05, 0) is 13.8 Å². The summed E-state index contributed by atoms with van der Waals surface area (Å²) in [5, 5.41) is 12.7. The van der Waals surface area contributed by atoms with Crippen molar-refractivity contribution in [2.24, 2.45) is 0 Å². The van der Waals surface area contributed by atoms with Crippen LogP contribution >= 0.6 is 11.8 Å². The Kier molecular flexibility index (Phi) is 3.96. The van der Waals surface area contributed by atoms with Gasteiger partial charge in [-0.2, -0.15) is 4.98 Å². The molecule has 1 aromatic rings. The molecule has 0 spiro atoms. The van der Waals surface area contributed by atoms with Crippen molar-refractivity contribution >= 4 is 17.7 Å². The third-order valence-corrected chi connectivity index (χ3v) is 3.35. The van der Waals surface area contributed by atoms with Crippen molar-refractivity contribution in [3.05, 3.63) is 11.7 Å². The van der Waals surface area contributed by atoms with Crippen molar-refractivity contribution in [1.82, 2.24) is 10.1 Å². The topological polar surface area (TPSA) is 76.2 Å². The van der Waals surface area contributed by atoms with E-state index in [4.69, 9.17) is 9.63 Å². The molecule has 0 unspecified atom stereocenters. The average molecular weight is 244 g/mol. The van der Waals surface area contributed by atoms with Gasteiger partial charge in [0.05, 0.1) is 5.75 Å². The molecule has 5 nitrogen and oxygen atoms in total. The molecule has 0 bridgehead atoms. The van der Waals surface area contributed by atoms with Crippen LogP contribution in [0.3, 0.4) is 0 Å². The van der Waals surface area contributed by atoms with E-state index in [1.165, 1.54) is 11.8 Å². The van der Waals surface area contributed by atoms with Gasteiger partial charge in [0.2, 0.25) is 5.89 Å². The van der Waals surface area contributed by atoms with Gasteiger partial charge < -0.3 is 9.63 Å². The van der Waals surface area contributed by atoms with Crippen LogP contribution in [0.25, 0.3) is 0 Å². The minimum atomic E-state index is -0.843. The Labute approximate surface area is 98.6 Å². The number of thioether (sulfide) groups is 1. The smallest absolute Gasteiger partial charge is 0.319 e. The lowest BCUT2D eigenvalue weighted by atomic mass is 10.2. The summed E-state index contributed by atoms with van der Waals surface area (Å²) in [6.07, 6.45) is 0. The monoisotopic (exact) mass is 244 g/mol. The third-order valence-electron chi connectivity index (χ3n) is 2.05. The van der Waals surface area contributed by atoms with E-state index in [1.807, 2.05) is 13.8 Å². The Morgan fingerprint density at radius 2 is 2.19 bits per heavy atom. The standard InChI is InChI=1S/C10H16N2O3S/c1-6(2)8-11-7(12-15-8)5-16-10(3,4)9(13)14/h6H,5H2,1-4H3,(H,13,14). The second-order valence-electron chi connectivity index (χ2n) is 4.31. The van der Waals surface area contributed by atoms with Gasteiger partial charge in [-0.1, -0.05) is 19.0 Å². The van der Waals surface area contributed by atoms with Crippen LogP contribution in [0.1, 0.15) is 45.3 Å². The molecule has 0 atom stereocenters. The zero-order chi connectivity index (χ0) is 12.3. The normalized spacial score (nSPS) is 12.1. The molecule has 16 heavy (non-hydrogen) atoms. The fourth-order valence-electron chi connectivity index (χ4n) is 0.867. The lowest BCUT2D eigenvalue weighted by Crippen LogP contribution is -2.27. The van der Waals surface area contributed by atoms with Crippen molar-refractivity contribution in [2.45, 2.75) is 44.1 Å². The Morgan fingerprint density at radius 3 is 2.62 bits per heavy atom. The molecule has 0 aliphatic carbocycles. The summed E-state index contributed by atoms with van der Waals surface area (Å²) >= 11 is 1.28. The first-order chi connectivity index (χ1) is 7.33. The first-order valence-corrected chi connectivity index (χ1v) is 6.01. The minimum Gasteiger partial charge on any atom is -0.480 e. The summed E-state index contributed by atoms with van der Waals surface area (Å²) in [6, 6.07) is 0. The number of carboxylic acids is 1. The van der Waals surface area contributed by atoms with E-state index in [2.05, 4.69) is 10.1 Å². The molecule has 0 aliphatic heterocycles. The molecule has 1 N–H and O–H groups in total. The van der Waals surface area contributed by atoms with Gasteiger partial charge in [-0.25, -0.2) is 0 Å². The number of rotatable bonds is 5. The molecule has 90 valence electrons. The third kappa shape index (κ3) is 3.23. The lowest BCUT2D eigenvalue weighted by Gasteiger charge is -2.16. The number of carboxylic acid groups (broad SMARTS) is 1. The van der Waals surface area contributed by atoms with Gasteiger partial charge in [0.25, 0.3) is 0 Å². The van der Waals surface area contributed by atoms with Gasteiger partial charge >= 0.3 is 5.97 Å². The Bertz CT molecular complexity index is 374. The summed E-state index contributed by atoms with van der Waals surface area (Å²) in [6.45, 7) is 7.24. The number of nitrogens with zero attached hydrogens (tertiary/aromatic N) is 2. The Balaban J connectivity index is 2.58. The van der Waals surface area contributed by atoms with Crippen LogP contribution in [-0.4, -0.2) is 26.0 Å². The van der Waals surface area contributed by atoms with Crippen molar-refractivity contribution in [1.29, 1.82) is 0 Å². The van der Waals surface area contributed by atoms with Crippen LogP contribution in [-0.2, 0) is 10.5 Å². The van der Waals surface area contributed by atoms with E-state index in [1.54, 1.807) is 13.8 Å². The van der Waals surface area contributed by atoms with Crippen molar-refractivity contribution in [3.63, 3.8) is 0 Å². The minimum absolute atomic E-state index is 0.193. The van der Waals surface area contributed by atoms with Crippen LogP contribution in [0.4, 0.5) is 0 Å². The van der Waals surface area contributed by atoms with Crippen molar-refractivity contribution < 1.29 is 14.4 Å². The highest BCUT2D eigenvalue weighted by molar-refractivity contribution is 8.00. The molecular weight excluding hydrogens is 228 g/mol. The van der Waals surface area contributed by atoms with Gasteiger partial charge in [-0.15, -0.1) is 11.8 Å². The van der Waals surface area contributed by atoms with Crippen molar-refractivity contribution in [2.75, 3.05) is 0 Å². The van der Waals surface area contributed by atoms with Gasteiger partial charge in [-0.3, -0.25) is 4.79 Å². The highest BCUT2D eigenvalue weighted by Gasteiger charge is 2.28. The summed E-state index contributed by atoms with van der Waals surface area (Å²) < 4.78 is 4.20. The Morgan fingerprint density at radius 1 is 1.56 bits per heavy atom. The zero-order valence-corrected chi connectivity index (χ0v) is 10.7. The van der Waals surface area contributed by atoms with Crippen LogP contribution in [0.2, 0.25) is 0 Å². The molecule has 0 amide bonds. The average Bonchev–Trinajstić information content (AvgIpc) is 2.63. The second-order valence-corrected chi connectivity index (χ2v) is 5.91. The summed E-state index contributed by atoms with van der Waals surface area (Å²) in [7, 11) is 0. The summed E-state index contributed by atoms with van der Waals surface area (Å²) in [5.41, 5.74) is 0. The van der Waals surface area contributed by atoms with E-state index in [0.29, 0.717) is 17.5 Å². The largest absolute Gasteiger partial charge is 0.480 e. The predicted octanol–water partition coefficient (Wildman–Crippen LogP) is 2.29. The quantitative estimate of drug-likeness (QED) is 0.856. The molecule has 1 aromatic heterocycles. The van der Waals surface area contributed by atoms with Crippen LogP contribution in [0.5, 0.6) is 0 Å². The van der Waals surface area contributed by atoms with E-state index in [-0.39, 0.29) is 5.92 Å². The fourth-order valence-corrected chi connectivity index (χ4v) is 1.60. The van der Waals surface area contributed by atoms with E-state index < -0.39 is 10.7 Å². The second kappa shape index (κ2) is 4.86. The van der Waals surface area contributed by atoms with Gasteiger partial charge in [0.1, 0.15) is 4.75 Å². The number of aromatic nitrogens is 2. The van der Waals surface area contributed by atoms with Gasteiger partial charge in [0, 0.05) is 5.92 Å². The molecule has 1 rings (SSSR count). The van der Waals surface area contributed by atoms with E-state index >= 15 is 0 Å². The molecule has 0 aromatic carbocycles. The molecule has 1 heterocycles. The maximum Gasteiger partial charge on any atom is 0.319 e. The van der Waals surface area contributed by atoms with Crippen molar-refractivity contribution in [3.8, 4) is 0 Å². The maximum atomic E-state index is 10.9. The molecule has 0 fully saturated rings. The first-order valence-electron chi connectivity index (χ1n) is 5.02. The lowest BCUT2D eigenvalue weighted by molar-refractivity contribution is -0.138. The van der Waals surface area contributed by atoms with E-state index in [9.17, 15) is 4.79 Å². The number of carbonyl (C=O) groups is 1. The molecule has 0 saturated carbocycles. The molecular formula is C10H16N2O3S. The number of aliphatic carboxylic acids is 1. The highest BCUT2D eigenvalue weighted by Crippen LogP contribution is 2.27. The summed E-state index contributed by atoms with van der Waals surface area (Å²) in [5.74, 6) is 0.922. The SMILES string of the molecule is CC(C)c1nc(CSC(C)(C)C(=O)O)no1. The van der Waals surface area contributed by atoms with E-state index in [0.717, 1.165) is 0 Å². The van der Waals surface area contributed by atoms with Crippen LogP contribution in [0.15, 0.2) is 4.52 Å². The number of hydrogen-bond donors (Lipinski definition) is 1. The Hall–Kier alpha value is -1.04. The molecule has 6 heteroatoms. The fraction of sp³-hybridized carbons (Fsp3) is 0.700. The predicted molar refractivity (Wildman–Crippen MR) is 61.4 cm³/mol.